The van der Waals surface area contributed by atoms with Crippen molar-refractivity contribution < 1.29 is 14.3 Å². The molecule has 1 atom stereocenters. The number of aryl methyl sites for hydroxylation is 1. The van der Waals surface area contributed by atoms with E-state index in [1.165, 1.54) is 5.56 Å². The summed E-state index contributed by atoms with van der Waals surface area (Å²) >= 11 is 0. The third kappa shape index (κ3) is 8.69. The summed E-state index contributed by atoms with van der Waals surface area (Å²) in [6, 6.07) is 7.60. The molecule has 0 aliphatic rings. The number of nitrogens with one attached hydrogen (secondary N) is 1. The van der Waals surface area contributed by atoms with Gasteiger partial charge >= 0.3 is 5.97 Å². The molecule has 1 aromatic carbocycles. The van der Waals surface area contributed by atoms with E-state index in [1.807, 2.05) is 24.3 Å². The highest BCUT2D eigenvalue weighted by Crippen LogP contribution is 2.08. The van der Waals surface area contributed by atoms with E-state index in [0.29, 0.717) is 13.0 Å². The van der Waals surface area contributed by atoms with E-state index in [1.54, 1.807) is 19.2 Å². The molecule has 1 unspecified atom stereocenters. The Morgan fingerprint density at radius 3 is 2.64 bits per heavy atom. The van der Waals surface area contributed by atoms with Crippen molar-refractivity contribution >= 4 is 18.1 Å². The van der Waals surface area contributed by atoms with Gasteiger partial charge in [0.15, 0.2) is 0 Å². The summed E-state index contributed by atoms with van der Waals surface area (Å²) in [5, 5.41) is 6.28. The molecule has 0 saturated carbocycles. The van der Waals surface area contributed by atoms with Crippen LogP contribution in [0.5, 0.6) is 0 Å². The minimum absolute atomic E-state index is 0.0799. The number of nitrogens with two attached hydrogens (primary N) is 1. The summed E-state index contributed by atoms with van der Waals surface area (Å²) in [5.41, 5.74) is 2.17. The molecule has 0 bridgehead atoms. The Morgan fingerprint density at radius 2 is 2.04 bits per heavy atom. The van der Waals surface area contributed by atoms with Gasteiger partial charge in [0.1, 0.15) is 0 Å². The SMILES string of the molecule is C=CC(CC(=O)OCC)NC(=O)CCCCc1ccc(C=NN)cc1. The van der Waals surface area contributed by atoms with Gasteiger partial charge in [-0.25, -0.2) is 0 Å². The Balaban J connectivity index is 2.27. The highest BCUT2D eigenvalue weighted by molar-refractivity contribution is 5.79. The number of amides is 1. The first-order valence-electron chi connectivity index (χ1n) is 8.48. The molecule has 0 heterocycles. The number of esters is 1. The maximum Gasteiger partial charge on any atom is 0.308 e. The molecule has 6 heteroatoms. The van der Waals surface area contributed by atoms with E-state index in [4.69, 9.17) is 10.6 Å². The third-order valence-electron chi connectivity index (χ3n) is 3.65. The average molecular weight is 345 g/mol. The zero-order valence-corrected chi connectivity index (χ0v) is 14.7. The summed E-state index contributed by atoms with van der Waals surface area (Å²) in [7, 11) is 0. The van der Waals surface area contributed by atoms with E-state index in [2.05, 4.69) is 17.0 Å². The number of hydrazone groups is 1. The van der Waals surface area contributed by atoms with Crippen LogP contribution in [-0.2, 0) is 20.7 Å². The lowest BCUT2D eigenvalue weighted by Crippen LogP contribution is -2.35. The molecule has 6 nitrogen and oxygen atoms in total. The van der Waals surface area contributed by atoms with E-state index in [0.717, 1.165) is 24.8 Å². The summed E-state index contributed by atoms with van der Waals surface area (Å²) < 4.78 is 4.87. The van der Waals surface area contributed by atoms with Crippen LogP contribution in [0.2, 0.25) is 0 Å². The van der Waals surface area contributed by atoms with Gasteiger partial charge in [-0.15, -0.1) is 6.58 Å². The molecule has 0 aliphatic heterocycles. The summed E-state index contributed by atoms with van der Waals surface area (Å²) in [4.78, 5) is 23.4. The van der Waals surface area contributed by atoms with Crippen LogP contribution < -0.4 is 11.2 Å². The van der Waals surface area contributed by atoms with Gasteiger partial charge in [0, 0.05) is 6.42 Å². The van der Waals surface area contributed by atoms with Crippen molar-refractivity contribution in [3.05, 3.63) is 48.0 Å². The fraction of sp³-hybridized carbons (Fsp3) is 0.421. The first-order valence-corrected chi connectivity index (χ1v) is 8.48. The molecule has 1 amide bonds. The van der Waals surface area contributed by atoms with Crippen molar-refractivity contribution in [1.29, 1.82) is 0 Å². The number of carbonyl (C=O) groups is 2. The smallest absolute Gasteiger partial charge is 0.308 e. The lowest BCUT2D eigenvalue weighted by molar-refractivity contribution is -0.143. The van der Waals surface area contributed by atoms with Gasteiger partial charge in [-0.2, -0.15) is 5.10 Å². The number of unbranched alkanes of at least 4 members (excludes halogenated alkanes) is 1. The van der Waals surface area contributed by atoms with Crippen molar-refractivity contribution in [1.82, 2.24) is 5.32 Å². The van der Waals surface area contributed by atoms with Crippen LogP contribution in [0.4, 0.5) is 0 Å². The molecular weight excluding hydrogens is 318 g/mol. The van der Waals surface area contributed by atoms with Gasteiger partial charge in [-0.1, -0.05) is 30.3 Å². The second-order valence-corrected chi connectivity index (χ2v) is 5.65. The van der Waals surface area contributed by atoms with Gasteiger partial charge in [0.2, 0.25) is 5.91 Å². The van der Waals surface area contributed by atoms with Crippen LogP contribution in [-0.4, -0.2) is 30.7 Å². The minimum Gasteiger partial charge on any atom is -0.466 e. The van der Waals surface area contributed by atoms with Crippen LogP contribution in [0.1, 0.15) is 43.7 Å². The first-order chi connectivity index (χ1) is 12.1. The Labute approximate surface area is 149 Å². The number of nitrogens with zero attached hydrogens (tertiary/aromatic N) is 1. The first kappa shape index (κ1) is 20.4. The molecule has 0 aromatic heterocycles. The maximum absolute atomic E-state index is 11.9. The van der Waals surface area contributed by atoms with E-state index >= 15 is 0 Å². The largest absolute Gasteiger partial charge is 0.466 e. The zero-order chi connectivity index (χ0) is 18.5. The quantitative estimate of drug-likeness (QED) is 0.161. The van der Waals surface area contributed by atoms with Gasteiger partial charge in [-0.05, 0) is 37.3 Å². The molecule has 3 N–H and O–H groups in total. The van der Waals surface area contributed by atoms with Crippen molar-refractivity contribution in [3.8, 4) is 0 Å². The van der Waals surface area contributed by atoms with Gasteiger partial charge < -0.3 is 15.9 Å². The molecule has 0 aliphatic carbocycles. The molecular formula is C19H27N3O3. The van der Waals surface area contributed by atoms with E-state index in [9.17, 15) is 9.59 Å². The fourth-order valence-corrected chi connectivity index (χ4v) is 2.34. The fourth-order valence-electron chi connectivity index (χ4n) is 2.34. The van der Waals surface area contributed by atoms with Gasteiger partial charge in [-0.3, -0.25) is 9.59 Å². The van der Waals surface area contributed by atoms with Crippen molar-refractivity contribution in [2.45, 2.75) is 45.1 Å². The lowest BCUT2D eigenvalue weighted by atomic mass is 10.1. The Bertz CT molecular complexity index is 582. The predicted octanol–water partition coefficient (Wildman–Crippen LogP) is 2.32. The molecule has 0 spiro atoms. The molecule has 0 saturated heterocycles. The van der Waals surface area contributed by atoms with Crippen LogP contribution in [0.25, 0.3) is 0 Å². The van der Waals surface area contributed by atoms with Crippen molar-refractivity contribution in [2.75, 3.05) is 6.61 Å². The summed E-state index contributed by atoms with van der Waals surface area (Å²) in [6.45, 7) is 5.72. The number of hydrogen-bond acceptors (Lipinski definition) is 5. The number of ether oxygens (including phenoxy) is 1. The van der Waals surface area contributed by atoms with Gasteiger partial charge in [0.05, 0.1) is 25.3 Å². The van der Waals surface area contributed by atoms with Crippen LogP contribution in [0.3, 0.4) is 0 Å². The van der Waals surface area contributed by atoms with Crippen LogP contribution >= 0.6 is 0 Å². The zero-order valence-electron chi connectivity index (χ0n) is 14.7. The molecule has 25 heavy (non-hydrogen) atoms. The monoisotopic (exact) mass is 345 g/mol. The second kappa shape index (κ2) is 11.8. The highest BCUT2D eigenvalue weighted by atomic mass is 16.5. The van der Waals surface area contributed by atoms with Crippen molar-refractivity contribution in [3.63, 3.8) is 0 Å². The van der Waals surface area contributed by atoms with Crippen LogP contribution in [0, 0.1) is 0 Å². The minimum atomic E-state index is -0.386. The molecule has 1 aromatic rings. The highest BCUT2D eigenvalue weighted by Gasteiger charge is 2.13. The maximum atomic E-state index is 11.9. The number of rotatable bonds is 11. The molecule has 136 valence electrons. The van der Waals surface area contributed by atoms with E-state index in [-0.39, 0.29) is 24.3 Å². The number of hydrogen-bond donors (Lipinski definition) is 2. The normalized spacial score (nSPS) is 11.9. The average Bonchev–Trinajstić information content (AvgIpc) is 2.60. The van der Waals surface area contributed by atoms with Crippen LogP contribution in [0.15, 0.2) is 42.0 Å². The Hall–Kier alpha value is -2.63. The topological polar surface area (TPSA) is 93.8 Å². The van der Waals surface area contributed by atoms with Gasteiger partial charge in [0.25, 0.3) is 0 Å². The third-order valence-corrected chi connectivity index (χ3v) is 3.65. The molecule has 0 radical (unpaired) electrons. The number of carbonyl (C=O) groups excluding carboxylic acids is 2. The predicted molar refractivity (Wildman–Crippen MR) is 99.2 cm³/mol. The second-order valence-electron chi connectivity index (χ2n) is 5.65. The Morgan fingerprint density at radius 1 is 1.32 bits per heavy atom. The van der Waals surface area contributed by atoms with E-state index < -0.39 is 0 Å². The number of benzene rings is 1. The molecule has 1 rings (SSSR count). The lowest BCUT2D eigenvalue weighted by Gasteiger charge is -2.14. The van der Waals surface area contributed by atoms with Crippen molar-refractivity contribution in [2.24, 2.45) is 10.9 Å². The molecule has 0 fully saturated rings. The standard InChI is InChI=1S/C19H27N3O3/c1-3-17(13-19(24)25-4-2)22-18(23)8-6-5-7-15-9-11-16(12-10-15)14-21-20/h3,9-12,14,17H,1,4-8,13,20H2,2H3,(H,22,23). The Kier molecular flexibility index (Phi) is 9.67. The summed E-state index contributed by atoms with van der Waals surface area (Å²) in [5.74, 6) is 4.69. The summed E-state index contributed by atoms with van der Waals surface area (Å²) in [6.07, 6.45) is 6.28.